The molecule has 18 heavy (non-hydrogen) atoms. The molecule has 0 saturated carbocycles. The first-order valence-corrected chi connectivity index (χ1v) is 5.78. The van der Waals surface area contributed by atoms with Crippen molar-refractivity contribution in [3.05, 3.63) is 30.1 Å². The van der Waals surface area contributed by atoms with Gasteiger partial charge in [-0.15, -0.1) is 0 Å². The number of nitrogens with zero attached hydrogens (tertiary/aromatic N) is 4. The molecule has 3 N–H and O–H groups in total. The highest BCUT2D eigenvalue weighted by Gasteiger charge is 2.19. The predicted molar refractivity (Wildman–Crippen MR) is 70.4 cm³/mol. The maximum Gasteiger partial charge on any atom is 0.145 e. The summed E-state index contributed by atoms with van der Waals surface area (Å²) in [5.74, 6) is 8.42. The lowest BCUT2D eigenvalue weighted by molar-refractivity contribution is 0.544. The Morgan fingerprint density at radius 2 is 2.00 bits per heavy atom. The molecule has 0 spiro atoms. The van der Waals surface area contributed by atoms with Crippen molar-refractivity contribution in [1.29, 1.82) is 0 Å². The fourth-order valence-electron chi connectivity index (χ4n) is 1.59. The third-order valence-electron chi connectivity index (χ3n) is 2.60. The van der Waals surface area contributed by atoms with Gasteiger partial charge in [-0.05, 0) is 6.92 Å². The number of hydrogen-bond donors (Lipinski definition) is 2. The molecule has 2 aromatic rings. The first-order valence-electron chi connectivity index (χ1n) is 5.78. The number of anilines is 1. The number of imidazole rings is 1. The standard InChI is InChI=1S/C12H18N6/c1-8-14-5-6-18(8)10-7-9(17-13)15-11(16-10)12(2,3)4/h5-7H,13H2,1-4H3,(H,15,16,17). The number of nitrogens with two attached hydrogens (primary N) is 1. The van der Waals surface area contributed by atoms with E-state index in [1.165, 1.54) is 0 Å². The lowest BCUT2D eigenvalue weighted by atomic mass is 9.96. The number of nitrogen functional groups attached to an aromatic ring is 1. The normalized spacial score (nSPS) is 11.6. The summed E-state index contributed by atoms with van der Waals surface area (Å²) in [6.45, 7) is 8.11. The van der Waals surface area contributed by atoms with Crippen LogP contribution in [-0.2, 0) is 5.41 Å². The fraction of sp³-hybridized carbons (Fsp3) is 0.417. The highest BCUT2D eigenvalue weighted by Crippen LogP contribution is 2.21. The highest BCUT2D eigenvalue weighted by molar-refractivity contribution is 5.42. The Morgan fingerprint density at radius 3 is 2.50 bits per heavy atom. The summed E-state index contributed by atoms with van der Waals surface area (Å²) < 4.78 is 1.90. The van der Waals surface area contributed by atoms with Gasteiger partial charge in [0.2, 0.25) is 0 Å². The predicted octanol–water partition coefficient (Wildman–Crippen LogP) is 1.55. The number of hydrogen-bond acceptors (Lipinski definition) is 5. The van der Waals surface area contributed by atoms with Crippen molar-refractivity contribution in [2.24, 2.45) is 5.84 Å². The van der Waals surface area contributed by atoms with Crippen LogP contribution in [0.25, 0.3) is 5.82 Å². The van der Waals surface area contributed by atoms with Gasteiger partial charge in [-0.1, -0.05) is 20.8 Å². The van der Waals surface area contributed by atoms with E-state index in [2.05, 4.69) is 41.1 Å². The van der Waals surface area contributed by atoms with Crippen LogP contribution in [0.5, 0.6) is 0 Å². The monoisotopic (exact) mass is 246 g/mol. The largest absolute Gasteiger partial charge is 0.308 e. The molecular formula is C12H18N6. The molecule has 2 rings (SSSR count). The Balaban J connectivity index is 2.58. The first-order chi connectivity index (χ1) is 8.41. The average molecular weight is 246 g/mol. The van der Waals surface area contributed by atoms with Crippen molar-refractivity contribution < 1.29 is 0 Å². The van der Waals surface area contributed by atoms with Gasteiger partial charge >= 0.3 is 0 Å². The first kappa shape index (κ1) is 12.5. The van der Waals surface area contributed by atoms with Crippen LogP contribution >= 0.6 is 0 Å². The molecule has 0 radical (unpaired) electrons. The topological polar surface area (TPSA) is 81.7 Å². The zero-order valence-electron chi connectivity index (χ0n) is 11.1. The van der Waals surface area contributed by atoms with Crippen molar-refractivity contribution in [2.75, 3.05) is 5.43 Å². The van der Waals surface area contributed by atoms with Crippen molar-refractivity contribution in [3.63, 3.8) is 0 Å². The molecule has 0 bridgehead atoms. The third-order valence-corrected chi connectivity index (χ3v) is 2.60. The summed E-state index contributed by atoms with van der Waals surface area (Å²) in [5, 5.41) is 0. The summed E-state index contributed by atoms with van der Waals surface area (Å²) in [4.78, 5) is 13.1. The van der Waals surface area contributed by atoms with Crippen molar-refractivity contribution in [1.82, 2.24) is 19.5 Å². The van der Waals surface area contributed by atoms with Crippen LogP contribution < -0.4 is 11.3 Å². The molecular weight excluding hydrogens is 228 g/mol. The summed E-state index contributed by atoms with van der Waals surface area (Å²) in [7, 11) is 0. The summed E-state index contributed by atoms with van der Waals surface area (Å²) in [6.07, 6.45) is 3.61. The van der Waals surface area contributed by atoms with E-state index in [4.69, 9.17) is 5.84 Å². The molecule has 2 aromatic heterocycles. The maximum absolute atomic E-state index is 5.46. The van der Waals surface area contributed by atoms with Gasteiger partial charge in [0.25, 0.3) is 0 Å². The van der Waals surface area contributed by atoms with Gasteiger partial charge in [0.1, 0.15) is 23.3 Å². The van der Waals surface area contributed by atoms with Crippen LogP contribution in [0.15, 0.2) is 18.5 Å². The smallest absolute Gasteiger partial charge is 0.145 e. The fourth-order valence-corrected chi connectivity index (χ4v) is 1.59. The zero-order chi connectivity index (χ0) is 13.3. The summed E-state index contributed by atoms with van der Waals surface area (Å²) >= 11 is 0. The van der Waals surface area contributed by atoms with Crippen molar-refractivity contribution >= 4 is 5.82 Å². The van der Waals surface area contributed by atoms with E-state index in [0.717, 1.165) is 17.5 Å². The number of aromatic nitrogens is 4. The number of rotatable bonds is 2. The van der Waals surface area contributed by atoms with E-state index >= 15 is 0 Å². The van der Waals surface area contributed by atoms with Crippen LogP contribution in [0, 0.1) is 6.92 Å². The van der Waals surface area contributed by atoms with Crippen molar-refractivity contribution in [2.45, 2.75) is 33.1 Å². The van der Waals surface area contributed by atoms with Gasteiger partial charge in [-0.3, -0.25) is 4.57 Å². The molecule has 0 aromatic carbocycles. The van der Waals surface area contributed by atoms with Crippen LogP contribution in [0.1, 0.15) is 32.4 Å². The molecule has 0 saturated heterocycles. The Labute approximate surface area is 106 Å². The molecule has 0 aliphatic heterocycles. The minimum atomic E-state index is -0.143. The lowest BCUT2D eigenvalue weighted by Gasteiger charge is -2.18. The maximum atomic E-state index is 5.46. The second-order valence-electron chi connectivity index (χ2n) is 5.17. The lowest BCUT2D eigenvalue weighted by Crippen LogP contribution is -2.20. The highest BCUT2D eigenvalue weighted by atomic mass is 15.3. The minimum Gasteiger partial charge on any atom is -0.308 e. The van der Waals surface area contributed by atoms with E-state index in [1.54, 1.807) is 12.3 Å². The van der Waals surface area contributed by atoms with Gasteiger partial charge in [-0.2, -0.15) is 0 Å². The molecule has 6 nitrogen and oxygen atoms in total. The van der Waals surface area contributed by atoms with Gasteiger partial charge < -0.3 is 5.43 Å². The second-order valence-corrected chi connectivity index (χ2v) is 5.17. The molecule has 0 atom stereocenters. The van der Waals surface area contributed by atoms with Gasteiger partial charge in [0.15, 0.2) is 0 Å². The number of hydrazine groups is 1. The summed E-state index contributed by atoms with van der Waals surface area (Å²) in [6, 6.07) is 1.80. The van der Waals surface area contributed by atoms with Crippen molar-refractivity contribution in [3.8, 4) is 5.82 Å². The van der Waals surface area contributed by atoms with Crippen LogP contribution in [-0.4, -0.2) is 19.5 Å². The van der Waals surface area contributed by atoms with Crippen LogP contribution in [0.2, 0.25) is 0 Å². The SMILES string of the molecule is Cc1nccn1-c1cc(NN)nc(C(C)(C)C)n1. The van der Waals surface area contributed by atoms with E-state index in [1.807, 2.05) is 17.7 Å². The second kappa shape index (κ2) is 4.38. The molecule has 0 aliphatic rings. The van der Waals surface area contributed by atoms with Gasteiger partial charge in [0.05, 0.1) is 0 Å². The number of nitrogens with one attached hydrogen (secondary N) is 1. The number of aryl methyl sites for hydroxylation is 1. The quantitative estimate of drug-likeness (QED) is 0.620. The molecule has 6 heteroatoms. The Hall–Kier alpha value is -1.95. The Bertz CT molecular complexity index is 552. The van der Waals surface area contributed by atoms with E-state index in [9.17, 15) is 0 Å². The van der Waals surface area contributed by atoms with E-state index in [0.29, 0.717) is 5.82 Å². The molecule has 0 fully saturated rings. The van der Waals surface area contributed by atoms with E-state index in [-0.39, 0.29) is 5.41 Å². The Kier molecular flexibility index (Phi) is 3.04. The molecule has 0 aliphatic carbocycles. The summed E-state index contributed by atoms with van der Waals surface area (Å²) in [5.41, 5.74) is 2.43. The molecule has 96 valence electrons. The molecule has 2 heterocycles. The van der Waals surface area contributed by atoms with E-state index < -0.39 is 0 Å². The zero-order valence-corrected chi connectivity index (χ0v) is 11.1. The average Bonchev–Trinajstić information content (AvgIpc) is 2.73. The Morgan fingerprint density at radius 1 is 1.28 bits per heavy atom. The van der Waals surface area contributed by atoms with Crippen LogP contribution in [0.4, 0.5) is 5.82 Å². The van der Waals surface area contributed by atoms with Crippen LogP contribution in [0.3, 0.4) is 0 Å². The third kappa shape index (κ3) is 2.33. The molecule has 0 amide bonds. The minimum absolute atomic E-state index is 0.143. The van der Waals surface area contributed by atoms with Gasteiger partial charge in [0, 0.05) is 23.9 Å². The van der Waals surface area contributed by atoms with Gasteiger partial charge in [-0.25, -0.2) is 20.8 Å². The molecule has 0 unspecified atom stereocenters.